The average molecular weight is 386 g/mol. The number of rotatable bonds is 9. The van der Waals surface area contributed by atoms with Gasteiger partial charge in [-0.15, -0.1) is 0 Å². The van der Waals surface area contributed by atoms with Gasteiger partial charge in [-0.2, -0.15) is 0 Å². The highest BCUT2D eigenvalue weighted by Crippen LogP contribution is 2.19. The fourth-order valence-corrected chi connectivity index (χ4v) is 2.21. The van der Waals surface area contributed by atoms with Gasteiger partial charge in [-0.1, -0.05) is 36.2 Å². The molecule has 0 aromatic rings. The Morgan fingerprint density at radius 3 is 2.11 bits per heavy atom. The summed E-state index contributed by atoms with van der Waals surface area (Å²) >= 11 is 1.99. The summed E-state index contributed by atoms with van der Waals surface area (Å²) in [6, 6.07) is 0. The molecule has 0 radical (unpaired) electrons. The summed E-state index contributed by atoms with van der Waals surface area (Å²) < 4.78 is 11.3. The molecule has 112 valence electrons. The van der Waals surface area contributed by atoms with E-state index in [0.29, 0.717) is 5.92 Å². The van der Waals surface area contributed by atoms with Gasteiger partial charge < -0.3 is 19.5 Å². The number of hydrogen-bond acceptors (Lipinski definition) is 4. The fourth-order valence-electron chi connectivity index (χ4n) is 1.37. The van der Waals surface area contributed by atoms with Crippen LogP contribution in [0.4, 0.5) is 0 Å². The van der Waals surface area contributed by atoms with Crippen LogP contribution in [-0.4, -0.2) is 39.5 Å². The van der Waals surface area contributed by atoms with Gasteiger partial charge in [0.05, 0.1) is 18.1 Å². The van der Waals surface area contributed by atoms with E-state index in [1.807, 2.05) is 43.1 Å². The summed E-state index contributed by atoms with van der Waals surface area (Å²) in [5, 5.41) is 18.5. The molecule has 2 N–H and O–H groups in total. The first-order chi connectivity index (χ1) is 8.65. The summed E-state index contributed by atoms with van der Waals surface area (Å²) in [6.45, 7) is 9.22. The second-order valence-corrected chi connectivity index (χ2v) is 6.26. The highest BCUT2D eigenvalue weighted by atomic mass is 127. The molecule has 0 rings (SSSR count). The number of carboxylic acids is 1. The molecule has 0 spiro atoms. The normalized spacial score (nSPS) is 17.9. The maximum absolute atomic E-state index is 11.0. The lowest BCUT2D eigenvalue weighted by Gasteiger charge is -2.26. The Morgan fingerprint density at radius 2 is 1.74 bits per heavy atom. The molecule has 0 heterocycles. The third-order valence-electron chi connectivity index (χ3n) is 3.06. The van der Waals surface area contributed by atoms with Gasteiger partial charge in [-0.3, -0.25) is 4.79 Å². The number of aliphatic hydroxyl groups is 1. The quantitative estimate of drug-likeness (QED) is 0.470. The van der Waals surface area contributed by atoms with E-state index >= 15 is 0 Å². The molecular formula is C12H24BIO5. The van der Waals surface area contributed by atoms with Crippen molar-refractivity contribution in [2.45, 2.75) is 59.4 Å². The topological polar surface area (TPSA) is 76.0 Å². The van der Waals surface area contributed by atoms with Gasteiger partial charge in [-0.25, -0.2) is 0 Å². The van der Waals surface area contributed by atoms with E-state index in [1.165, 1.54) is 0 Å². The van der Waals surface area contributed by atoms with Gasteiger partial charge in [-0.05, 0) is 33.1 Å². The Hall–Kier alpha value is 0.145. The summed E-state index contributed by atoms with van der Waals surface area (Å²) in [5.74, 6) is -1.27. The Labute approximate surface area is 129 Å². The number of aliphatic hydroxyl groups excluding tert-OH is 1. The third-order valence-corrected chi connectivity index (χ3v) is 3.65. The first-order valence-corrected chi connectivity index (χ1v) is 7.75. The van der Waals surface area contributed by atoms with E-state index in [-0.39, 0.29) is 12.5 Å². The van der Waals surface area contributed by atoms with Crippen LogP contribution in [0.2, 0.25) is 0 Å². The van der Waals surface area contributed by atoms with Crippen LogP contribution < -0.4 is 0 Å². The van der Waals surface area contributed by atoms with E-state index in [2.05, 4.69) is 0 Å². The number of aliphatic carboxylic acids is 1. The van der Waals surface area contributed by atoms with Crippen molar-refractivity contribution in [1.29, 1.82) is 0 Å². The van der Waals surface area contributed by atoms with Crippen LogP contribution in [0.15, 0.2) is 0 Å². The predicted molar refractivity (Wildman–Crippen MR) is 83.1 cm³/mol. The molecule has 5 nitrogen and oxygen atoms in total. The SMILES string of the molecule is CC(C)C(C)OB(I)OC(C[C@H](C)O)C(C)C(=O)O. The van der Waals surface area contributed by atoms with Gasteiger partial charge in [0.1, 0.15) is 0 Å². The van der Waals surface area contributed by atoms with Crippen LogP contribution in [0.1, 0.15) is 41.0 Å². The van der Waals surface area contributed by atoms with E-state index in [9.17, 15) is 9.90 Å². The summed E-state index contributed by atoms with van der Waals surface area (Å²) in [4.78, 5) is 10.5. The minimum Gasteiger partial charge on any atom is -0.481 e. The van der Waals surface area contributed by atoms with Crippen LogP contribution in [0.5, 0.6) is 0 Å². The van der Waals surface area contributed by atoms with Gasteiger partial charge >= 0.3 is 10.9 Å². The highest BCUT2D eigenvalue weighted by molar-refractivity contribution is 14.1. The van der Waals surface area contributed by atoms with Gasteiger partial charge in [0.2, 0.25) is 0 Å². The Balaban J connectivity index is 4.50. The van der Waals surface area contributed by atoms with Crippen molar-refractivity contribution in [3.05, 3.63) is 0 Å². The van der Waals surface area contributed by atoms with Crippen molar-refractivity contribution in [3.8, 4) is 0 Å². The van der Waals surface area contributed by atoms with Crippen molar-refractivity contribution in [2.75, 3.05) is 0 Å². The first-order valence-electron chi connectivity index (χ1n) is 6.51. The van der Waals surface area contributed by atoms with E-state index in [0.717, 1.165) is 0 Å². The summed E-state index contributed by atoms with van der Waals surface area (Å²) in [5.41, 5.74) is 0. The smallest absolute Gasteiger partial charge is 0.481 e. The number of halogens is 1. The first kappa shape index (κ1) is 19.1. The molecule has 0 bridgehead atoms. The molecule has 3 unspecified atom stereocenters. The maximum atomic E-state index is 11.0. The van der Waals surface area contributed by atoms with Gasteiger partial charge in [0, 0.05) is 6.10 Å². The van der Waals surface area contributed by atoms with Crippen LogP contribution in [0.3, 0.4) is 0 Å². The largest absolute Gasteiger partial charge is 0.532 e. The van der Waals surface area contributed by atoms with Crippen LogP contribution in [-0.2, 0) is 14.1 Å². The Morgan fingerprint density at radius 1 is 1.21 bits per heavy atom. The lowest BCUT2D eigenvalue weighted by atomic mass is 9.98. The molecule has 0 aromatic carbocycles. The minimum absolute atomic E-state index is 0.0224. The Bertz CT molecular complexity index is 275. The minimum atomic E-state index is -0.939. The number of hydrogen-bond donors (Lipinski definition) is 2. The monoisotopic (exact) mass is 386 g/mol. The van der Waals surface area contributed by atoms with Crippen molar-refractivity contribution in [3.63, 3.8) is 0 Å². The van der Waals surface area contributed by atoms with Gasteiger partial charge in [0.25, 0.3) is 0 Å². The van der Waals surface area contributed by atoms with Crippen molar-refractivity contribution in [2.24, 2.45) is 11.8 Å². The summed E-state index contributed by atoms with van der Waals surface area (Å²) in [7, 11) is 0. The fraction of sp³-hybridized carbons (Fsp3) is 0.917. The molecular weight excluding hydrogens is 362 g/mol. The van der Waals surface area contributed by atoms with Crippen molar-refractivity contribution in [1.82, 2.24) is 0 Å². The van der Waals surface area contributed by atoms with Crippen LogP contribution in [0.25, 0.3) is 0 Å². The molecule has 19 heavy (non-hydrogen) atoms. The average Bonchev–Trinajstić information content (AvgIpc) is 2.25. The van der Waals surface area contributed by atoms with Crippen LogP contribution >= 0.6 is 22.4 Å². The molecule has 0 amide bonds. The second kappa shape index (κ2) is 9.15. The molecule has 0 aliphatic heterocycles. The molecule has 0 aliphatic carbocycles. The van der Waals surface area contributed by atoms with E-state index < -0.39 is 29.1 Å². The zero-order valence-corrected chi connectivity index (χ0v) is 14.3. The number of carbonyl (C=O) groups is 1. The standard InChI is InChI=1S/C12H24BIO5/c1-7(2)10(5)18-13(14)19-11(6-8(3)15)9(4)12(16)17/h7-11,15H,6H2,1-5H3,(H,16,17)/t8-,9?,10?,11?/m0/s1. The van der Waals surface area contributed by atoms with Gasteiger partial charge in [0.15, 0.2) is 0 Å². The molecule has 4 atom stereocenters. The van der Waals surface area contributed by atoms with E-state index in [1.54, 1.807) is 13.8 Å². The molecule has 0 aliphatic rings. The summed E-state index contributed by atoms with van der Waals surface area (Å²) in [6.07, 6.45) is -0.891. The third kappa shape index (κ3) is 8.11. The lowest BCUT2D eigenvalue weighted by molar-refractivity contribution is -0.145. The van der Waals surface area contributed by atoms with Crippen molar-refractivity contribution < 1.29 is 24.3 Å². The van der Waals surface area contributed by atoms with Crippen LogP contribution in [0, 0.1) is 11.8 Å². The molecule has 0 saturated carbocycles. The predicted octanol–water partition coefficient (Wildman–Crippen LogP) is 2.34. The van der Waals surface area contributed by atoms with Crippen molar-refractivity contribution >= 4 is 33.3 Å². The molecule has 0 aromatic heterocycles. The number of carboxylic acid groups (broad SMARTS) is 1. The Kier molecular flexibility index (Phi) is 9.22. The molecule has 7 heteroatoms. The zero-order chi connectivity index (χ0) is 15.2. The highest BCUT2D eigenvalue weighted by Gasteiger charge is 2.31. The zero-order valence-electron chi connectivity index (χ0n) is 12.2. The maximum Gasteiger partial charge on any atom is 0.532 e. The molecule has 0 saturated heterocycles. The lowest BCUT2D eigenvalue weighted by Crippen LogP contribution is -2.37. The second-order valence-electron chi connectivity index (χ2n) is 5.25. The van der Waals surface area contributed by atoms with E-state index in [4.69, 9.17) is 14.4 Å². The molecule has 0 fully saturated rings.